The molecule has 0 unspecified atom stereocenters. The van der Waals surface area contributed by atoms with Crippen LogP contribution in [0, 0.1) is 5.92 Å². The zero-order chi connectivity index (χ0) is 12.1. The van der Waals surface area contributed by atoms with E-state index in [1.54, 1.807) is 0 Å². The van der Waals surface area contributed by atoms with Crippen LogP contribution in [0.15, 0.2) is 18.3 Å². The van der Waals surface area contributed by atoms with Crippen molar-refractivity contribution in [2.75, 3.05) is 18.5 Å². The maximum absolute atomic E-state index is 5.86. The van der Waals surface area contributed by atoms with Gasteiger partial charge in [0.15, 0.2) is 0 Å². The molecule has 0 aliphatic rings. The molecule has 0 saturated heterocycles. The third-order valence-electron chi connectivity index (χ3n) is 2.73. The van der Waals surface area contributed by atoms with Crippen molar-refractivity contribution in [2.45, 2.75) is 33.2 Å². The Kier molecular flexibility index (Phi) is 4.74. The van der Waals surface area contributed by atoms with E-state index in [4.69, 9.17) is 5.73 Å². The summed E-state index contributed by atoms with van der Waals surface area (Å²) in [6.45, 7) is 7.50. The molecule has 0 spiro atoms. The van der Waals surface area contributed by atoms with E-state index in [1.165, 1.54) is 6.42 Å². The van der Waals surface area contributed by atoms with Crippen LogP contribution in [-0.4, -0.2) is 18.6 Å². The SMILES string of the molecule is CC(C)CCN(C)c1cc([C@H](C)N)ccn1. The molecular formula is C13H23N3. The van der Waals surface area contributed by atoms with Crippen molar-refractivity contribution < 1.29 is 0 Å². The second kappa shape index (κ2) is 5.85. The zero-order valence-electron chi connectivity index (χ0n) is 10.8. The van der Waals surface area contributed by atoms with E-state index in [-0.39, 0.29) is 6.04 Å². The highest BCUT2D eigenvalue weighted by molar-refractivity contribution is 5.40. The quantitative estimate of drug-likeness (QED) is 0.831. The van der Waals surface area contributed by atoms with E-state index in [0.29, 0.717) is 0 Å². The van der Waals surface area contributed by atoms with E-state index < -0.39 is 0 Å². The van der Waals surface area contributed by atoms with Crippen molar-refractivity contribution in [3.63, 3.8) is 0 Å². The molecule has 0 aliphatic heterocycles. The van der Waals surface area contributed by atoms with Crippen LogP contribution >= 0.6 is 0 Å². The summed E-state index contributed by atoms with van der Waals surface area (Å²) in [4.78, 5) is 6.56. The lowest BCUT2D eigenvalue weighted by Crippen LogP contribution is -2.21. The third kappa shape index (κ3) is 3.81. The molecule has 90 valence electrons. The molecule has 0 saturated carbocycles. The summed E-state index contributed by atoms with van der Waals surface area (Å²) in [5, 5.41) is 0. The molecule has 1 heterocycles. The lowest BCUT2D eigenvalue weighted by molar-refractivity contribution is 0.583. The van der Waals surface area contributed by atoms with Gasteiger partial charge in [-0.2, -0.15) is 0 Å². The van der Waals surface area contributed by atoms with Crippen LogP contribution in [0.4, 0.5) is 5.82 Å². The fourth-order valence-electron chi connectivity index (χ4n) is 1.49. The lowest BCUT2D eigenvalue weighted by atomic mass is 10.1. The average Bonchev–Trinajstić information content (AvgIpc) is 2.26. The monoisotopic (exact) mass is 221 g/mol. The molecule has 0 aliphatic carbocycles. The van der Waals surface area contributed by atoms with Gasteiger partial charge in [0.1, 0.15) is 5.82 Å². The molecule has 1 aromatic rings. The highest BCUT2D eigenvalue weighted by atomic mass is 15.2. The number of pyridine rings is 1. The minimum absolute atomic E-state index is 0.0697. The molecule has 0 bridgehead atoms. The Morgan fingerprint density at radius 2 is 2.06 bits per heavy atom. The minimum Gasteiger partial charge on any atom is -0.360 e. The molecule has 3 heteroatoms. The van der Waals surface area contributed by atoms with Crippen molar-refractivity contribution in [2.24, 2.45) is 11.7 Å². The highest BCUT2D eigenvalue weighted by Crippen LogP contribution is 2.16. The van der Waals surface area contributed by atoms with Crippen LogP contribution in [0.5, 0.6) is 0 Å². The Hall–Kier alpha value is -1.09. The first-order valence-corrected chi connectivity index (χ1v) is 5.93. The Balaban J connectivity index is 2.68. The summed E-state index contributed by atoms with van der Waals surface area (Å²) in [6.07, 6.45) is 3.01. The number of nitrogens with zero attached hydrogens (tertiary/aromatic N) is 2. The Morgan fingerprint density at radius 1 is 1.38 bits per heavy atom. The number of aromatic nitrogens is 1. The van der Waals surface area contributed by atoms with Gasteiger partial charge in [0.2, 0.25) is 0 Å². The standard InChI is InChI=1S/C13H23N3/c1-10(2)6-8-16(4)13-9-12(11(3)14)5-7-15-13/h5,7,9-11H,6,8,14H2,1-4H3/t11-/m0/s1. The second-order valence-corrected chi connectivity index (χ2v) is 4.84. The van der Waals surface area contributed by atoms with Crippen molar-refractivity contribution in [3.8, 4) is 0 Å². The molecule has 1 atom stereocenters. The summed E-state index contributed by atoms with van der Waals surface area (Å²) >= 11 is 0. The summed E-state index contributed by atoms with van der Waals surface area (Å²) in [5.74, 6) is 1.73. The van der Waals surface area contributed by atoms with Gasteiger partial charge in [-0.05, 0) is 37.0 Å². The van der Waals surface area contributed by atoms with Gasteiger partial charge in [0, 0.05) is 25.8 Å². The van der Waals surface area contributed by atoms with Crippen LogP contribution in [0.1, 0.15) is 38.8 Å². The molecule has 1 aromatic heterocycles. The second-order valence-electron chi connectivity index (χ2n) is 4.84. The van der Waals surface area contributed by atoms with Gasteiger partial charge in [-0.1, -0.05) is 13.8 Å². The smallest absolute Gasteiger partial charge is 0.128 e. The van der Waals surface area contributed by atoms with Gasteiger partial charge in [-0.3, -0.25) is 0 Å². The lowest BCUT2D eigenvalue weighted by Gasteiger charge is -2.20. The largest absolute Gasteiger partial charge is 0.360 e. The van der Waals surface area contributed by atoms with Crippen LogP contribution in [0.3, 0.4) is 0 Å². The number of hydrogen-bond acceptors (Lipinski definition) is 3. The van der Waals surface area contributed by atoms with E-state index >= 15 is 0 Å². The first kappa shape index (κ1) is 13.0. The summed E-state index contributed by atoms with van der Waals surface area (Å²) in [7, 11) is 2.08. The van der Waals surface area contributed by atoms with Crippen LogP contribution in [-0.2, 0) is 0 Å². The van der Waals surface area contributed by atoms with Gasteiger partial charge in [0.25, 0.3) is 0 Å². The fraction of sp³-hybridized carbons (Fsp3) is 0.615. The summed E-state index contributed by atoms with van der Waals surface area (Å²) in [6, 6.07) is 4.12. The first-order valence-electron chi connectivity index (χ1n) is 5.93. The summed E-state index contributed by atoms with van der Waals surface area (Å²) in [5.41, 5.74) is 7.00. The van der Waals surface area contributed by atoms with Gasteiger partial charge in [0.05, 0.1) is 0 Å². The molecule has 0 fully saturated rings. The molecule has 3 nitrogen and oxygen atoms in total. The number of rotatable bonds is 5. The normalized spacial score (nSPS) is 12.9. The third-order valence-corrected chi connectivity index (χ3v) is 2.73. The maximum Gasteiger partial charge on any atom is 0.128 e. The molecule has 2 N–H and O–H groups in total. The van der Waals surface area contributed by atoms with E-state index in [0.717, 1.165) is 23.8 Å². The maximum atomic E-state index is 5.86. The predicted octanol–water partition coefficient (Wildman–Crippen LogP) is 2.58. The highest BCUT2D eigenvalue weighted by Gasteiger charge is 2.06. The number of hydrogen-bond donors (Lipinski definition) is 1. The number of nitrogens with two attached hydrogens (primary N) is 1. The zero-order valence-corrected chi connectivity index (χ0v) is 10.8. The minimum atomic E-state index is 0.0697. The van der Waals surface area contributed by atoms with Crippen molar-refractivity contribution >= 4 is 5.82 Å². The topological polar surface area (TPSA) is 42.1 Å². The van der Waals surface area contributed by atoms with Gasteiger partial charge < -0.3 is 10.6 Å². The molecular weight excluding hydrogens is 198 g/mol. The average molecular weight is 221 g/mol. The van der Waals surface area contributed by atoms with Gasteiger partial charge in [-0.25, -0.2) is 4.98 Å². The van der Waals surface area contributed by atoms with Gasteiger partial charge in [-0.15, -0.1) is 0 Å². The molecule has 16 heavy (non-hydrogen) atoms. The van der Waals surface area contributed by atoms with Crippen molar-refractivity contribution in [1.82, 2.24) is 4.98 Å². The Labute approximate surface area is 98.7 Å². The van der Waals surface area contributed by atoms with Crippen molar-refractivity contribution in [3.05, 3.63) is 23.9 Å². The predicted molar refractivity (Wildman–Crippen MR) is 69.6 cm³/mol. The number of anilines is 1. The molecule has 0 radical (unpaired) electrons. The van der Waals surface area contributed by atoms with Crippen LogP contribution in [0.2, 0.25) is 0 Å². The van der Waals surface area contributed by atoms with E-state index in [9.17, 15) is 0 Å². The van der Waals surface area contributed by atoms with Gasteiger partial charge >= 0.3 is 0 Å². The first-order chi connectivity index (χ1) is 7.50. The summed E-state index contributed by atoms with van der Waals surface area (Å²) < 4.78 is 0. The van der Waals surface area contributed by atoms with E-state index in [1.807, 2.05) is 19.2 Å². The Bertz CT molecular complexity index is 321. The van der Waals surface area contributed by atoms with Crippen LogP contribution < -0.4 is 10.6 Å². The Morgan fingerprint density at radius 3 is 2.62 bits per heavy atom. The molecule has 1 rings (SSSR count). The molecule has 0 amide bonds. The van der Waals surface area contributed by atoms with Crippen LogP contribution in [0.25, 0.3) is 0 Å². The fourth-order valence-corrected chi connectivity index (χ4v) is 1.49. The van der Waals surface area contributed by atoms with E-state index in [2.05, 4.69) is 36.8 Å². The molecule has 0 aromatic carbocycles. The van der Waals surface area contributed by atoms with Crippen molar-refractivity contribution in [1.29, 1.82) is 0 Å².